The van der Waals surface area contributed by atoms with Crippen LogP contribution in [0.4, 0.5) is 0 Å². The molecule has 2 saturated heterocycles. The van der Waals surface area contributed by atoms with Gasteiger partial charge in [0, 0.05) is 50.9 Å². The quantitative estimate of drug-likeness (QED) is 0.777. The second kappa shape index (κ2) is 9.72. The lowest BCUT2D eigenvalue weighted by Crippen LogP contribution is -2.46. The van der Waals surface area contributed by atoms with Crippen molar-refractivity contribution in [3.05, 3.63) is 29.8 Å². The van der Waals surface area contributed by atoms with Crippen LogP contribution in [0.3, 0.4) is 0 Å². The van der Waals surface area contributed by atoms with Gasteiger partial charge in [0.15, 0.2) is 0 Å². The average molecular weight is 388 g/mol. The molecule has 3 fully saturated rings. The zero-order valence-electron chi connectivity index (χ0n) is 16.8. The van der Waals surface area contributed by atoms with Gasteiger partial charge in [-0.1, -0.05) is 6.42 Å². The van der Waals surface area contributed by atoms with Gasteiger partial charge in [-0.2, -0.15) is 0 Å². The summed E-state index contributed by atoms with van der Waals surface area (Å²) in [5.41, 5.74) is 0.689. The van der Waals surface area contributed by atoms with E-state index in [1.807, 2.05) is 24.3 Å². The van der Waals surface area contributed by atoms with Gasteiger partial charge in [-0.15, -0.1) is 0 Å². The number of ether oxygens (including phenoxy) is 2. The third-order valence-electron chi connectivity index (χ3n) is 6.30. The molecule has 0 aromatic heterocycles. The number of morpholine rings is 1. The molecule has 2 aliphatic heterocycles. The van der Waals surface area contributed by atoms with Gasteiger partial charge >= 0.3 is 0 Å². The van der Waals surface area contributed by atoms with Gasteiger partial charge < -0.3 is 19.7 Å². The van der Waals surface area contributed by atoms with Gasteiger partial charge in [0.1, 0.15) is 11.9 Å². The van der Waals surface area contributed by atoms with Gasteiger partial charge in [-0.25, -0.2) is 0 Å². The number of hydrogen-bond acceptors (Lipinski definition) is 5. The van der Waals surface area contributed by atoms with E-state index in [0.29, 0.717) is 18.2 Å². The Bertz CT molecular complexity index is 618. The van der Waals surface area contributed by atoms with Gasteiger partial charge in [0.2, 0.25) is 0 Å². The molecule has 154 valence electrons. The van der Waals surface area contributed by atoms with Crippen LogP contribution in [0, 0.1) is 0 Å². The zero-order chi connectivity index (χ0) is 19.2. The number of carbonyl (C=O) groups excluding carboxylic acids is 1. The maximum absolute atomic E-state index is 12.3. The van der Waals surface area contributed by atoms with Crippen LogP contribution in [0.5, 0.6) is 5.75 Å². The van der Waals surface area contributed by atoms with Crippen LogP contribution in [0.15, 0.2) is 24.3 Å². The highest BCUT2D eigenvalue weighted by Crippen LogP contribution is 2.28. The molecule has 0 radical (unpaired) electrons. The molecule has 4 rings (SSSR count). The van der Waals surface area contributed by atoms with E-state index >= 15 is 0 Å². The number of benzene rings is 1. The molecule has 0 unspecified atom stereocenters. The number of hydrogen-bond donors (Lipinski definition) is 1. The molecular weight excluding hydrogens is 354 g/mol. The standard InChI is InChI=1S/C22H33N3O3/c26-22(23-10-13-24-14-16-27-17-15-24)18-4-6-20(7-5-18)28-21-8-11-25(12-9-21)19-2-1-3-19/h4-7,19,21H,1-3,8-17H2,(H,23,26). The predicted molar refractivity (Wildman–Crippen MR) is 109 cm³/mol. The maximum atomic E-state index is 12.3. The fraction of sp³-hybridized carbons (Fsp3) is 0.682. The fourth-order valence-electron chi connectivity index (χ4n) is 4.24. The minimum absolute atomic E-state index is 0.0198. The highest BCUT2D eigenvalue weighted by Gasteiger charge is 2.29. The Labute approximate surface area is 168 Å². The molecule has 0 bridgehead atoms. The summed E-state index contributed by atoms with van der Waals surface area (Å²) in [7, 11) is 0. The zero-order valence-corrected chi connectivity index (χ0v) is 16.8. The fourth-order valence-corrected chi connectivity index (χ4v) is 4.24. The first kappa shape index (κ1) is 19.7. The largest absolute Gasteiger partial charge is 0.490 e. The first-order chi connectivity index (χ1) is 13.8. The Morgan fingerprint density at radius 1 is 1.04 bits per heavy atom. The molecule has 1 N–H and O–H groups in total. The molecule has 0 atom stereocenters. The summed E-state index contributed by atoms with van der Waals surface area (Å²) in [6.07, 6.45) is 6.64. The Morgan fingerprint density at radius 3 is 2.39 bits per heavy atom. The second-order valence-corrected chi connectivity index (χ2v) is 8.17. The van der Waals surface area contributed by atoms with Crippen LogP contribution in [-0.2, 0) is 4.74 Å². The number of likely N-dealkylation sites (tertiary alicyclic amines) is 1. The monoisotopic (exact) mass is 387 g/mol. The summed E-state index contributed by atoms with van der Waals surface area (Å²) in [4.78, 5) is 17.3. The molecule has 6 heteroatoms. The number of rotatable bonds is 7. The van der Waals surface area contributed by atoms with Crippen LogP contribution >= 0.6 is 0 Å². The third-order valence-corrected chi connectivity index (χ3v) is 6.30. The molecule has 1 aliphatic carbocycles. The summed E-state index contributed by atoms with van der Waals surface area (Å²) < 4.78 is 11.5. The van der Waals surface area contributed by atoms with Crippen molar-refractivity contribution in [2.75, 3.05) is 52.5 Å². The van der Waals surface area contributed by atoms with Crippen LogP contribution in [0.25, 0.3) is 0 Å². The first-order valence-electron chi connectivity index (χ1n) is 10.9. The topological polar surface area (TPSA) is 54.0 Å². The molecule has 28 heavy (non-hydrogen) atoms. The lowest BCUT2D eigenvalue weighted by molar-refractivity contribution is 0.0383. The number of nitrogens with one attached hydrogen (secondary N) is 1. The molecule has 1 aromatic carbocycles. The Balaban J connectivity index is 1.17. The Kier molecular flexibility index (Phi) is 6.83. The average Bonchev–Trinajstić information content (AvgIpc) is 2.69. The third kappa shape index (κ3) is 5.25. The minimum atomic E-state index is -0.0198. The van der Waals surface area contributed by atoms with Gasteiger partial charge in [-0.3, -0.25) is 9.69 Å². The second-order valence-electron chi connectivity index (χ2n) is 8.17. The molecule has 6 nitrogen and oxygen atoms in total. The smallest absolute Gasteiger partial charge is 0.251 e. The predicted octanol–water partition coefficient (Wildman–Crippen LogP) is 2.14. The molecule has 3 aliphatic rings. The number of piperidine rings is 1. The lowest BCUT2D eigenvalue weighted by atomic mass is 9.90. The van der Waals surface area contributed by atoms with E-state index in [-0.39, 0.29) is 5.91 Å². The minimum Gasteiger partial charge on any atom is -0.490 e. The SMILES string of the molecule is O=C(NCCN1CCOCC1)c1ccc(OC2CCN(C3CCC3)CC2)cc1. The molecule has 1 amide bonds. The van der Waals surface area contributed by atoms with Crippen molar-refractivity contribution in [1.29, 1.82) is 0 Å². The number of carbonyl (C=O) groups is 1. The van der Waals surface area contributed by atoms with E-state index in [9.17, 15) is 4.79 Å². The van der Waals surface area contributed by atoms with E-state index in [0.717, 1.165) is 70.6 Å². The van der Waals surface area contributed by atoms with Crippen LogP contribution in [-0.4, -0.2) is 80.3 Å². The van der Waals surface area contributed by atoms with Crippen molar-refractivity contribution >= 4 is 5.91 Å². The molecule has 2 heterocycles. The highest BCUT2D eigenvalue weighted by molar-refractivity contribution is 5.94. The van der Waals surface area contributed by atoms with E-state index in [4.69, 9.17) is 9.47 Å². The highest BCUT2D eigenvalue weighted by atomic mass is 16.5. The van der Waals surface area contributed by atoms with Gasteiger partial charge in [0.25, 0.3) is 5.91 Å². The van der Waals surface area contributed by atoms with E-state index < -0.39 is 0 Å². The van der Waals surface area contributed by atoms with Crippen molar-refractivity contribution in [3.63, 3.8) is 0 Å². The summed E-state index contributed by atoms with van der Waals surface area (Å²) in [5.74, 6) is 0.848. The molecule has 1 aromatic rings. The van der Waals surface area contributed by atoms with E-state index in [1.165, 1.54) is 19.3 Å². The van der Waals surface area contributed by atoms with E-state index in [1.54, 1.807) is 0 Å². The Morgan fingerprint density at radius 2 is 1.75 bits per heavy atom. The van der Waals surface area contributed by atoms with Crippen LogP contribution in [0.2, 0.25) is 0 Å². The van der Waals surface area contributed by atoms with Crippen molar-refractivity contribution < 1.29 is 14.3 Å². The normalized spacial score (nSPS) is 22.6. The summed E-state index contributed by atoms with van der Waals surface area (Å²) in [5, 5.41) is 3.01. The summed E-state index contributed by atoms with van der Waals surface area (Å²) in [6.45, 7) is 7.30. The maximum Gasteiger partial charge on any atom is 0.251 e. The molecular formula is C22H33N3O3. The van der Waals surface area contributed by atoms with Gasteiger partial charge in [0.05, 0.1) is 13.2 Å². The van der Waals surface area contributed by atoms with Crippen molar-refractivity contribution in [2.24, 2.45) is 0 Å². The van der Waals surface area contributed by atoms with Crippen molar-refractivity contribution in [2.45, 2.75) is 44.2 Å². The molecule has 0 spiro atoms. The number of nitrogens with zero attached hydrogens (tertiary/aromatic N) is 2. The number of amides is 1. The van der Waals surface area contributed by atoms with Gasteiger partial charge in [-0.05, 0) is 49.9 Å². The summed E-state index contributed by atoms with van der Waals surface area (Å²) in [6, 6.07) is 8.41. The van der Waals surface area contributed by atoms with Crippen LogP contribution < -0.4 is 10.1 Å². The Hall–Kier alpha value is -1.63. The van der Waals surface area contributed by atoms with Crippen molar-refractivity contribution in [1.82, 2.24) is 15.1 Å². The van der Waals surface area contributed by atoms with Crippen LogP contribution in [0.1, 0.15) is 42.5 Å². The van der Waals surface area contributed by atoms with Crippen molar-refractivity contribution in [3.8, 4) is 5.75 Å². The van der Waals surface area contributed by atoms with E-state index in [2.05, 4.69) is 15.1 Å². The summed E-state index contributed by atoms with van der Waals surface area (Å²) >= 11 is 0. The first-order valence-corrected chi connectivity index (χ1v) is 10.9. The lowest BCUT2D eigenvalue weighted by Gasteiger charge is -2.41. The molecule has 1 saturated carbocycles.